The second kappa shape index (κ2) is 7.76. The van der Waals surface area contributed by atoms with Crippen molar-refractivity contribution in [2.24, 2.45) is 0 Å². The summed E-state index contributed by atoms with van der Waals surface area (Å²) in [6, 6.07) is 11.9. The van der Waals surface area contributed by atoms with Gasteiger partial charge in [-0.3, -0.25) is 4.40 Å². The second-order valence-electron chi connectivity index (χ2n) is 6.91. The topological polar surface area (TPSA) is 105 Å². The van der Waals surface area contributed by atoms with E-state index in [4.69, 9.17) is 5.11 Å². The molecular weight excluding hydrogens is 392 g/mol. The molecule has 1 aromatic carbocycles. The van der Waals surface area contributed by atoms with Crippen molar-refractivity contribution in [3.63, 3.8) is 0 Å². The van der Waals surface area contributed by atoms with Gasteiger partial charge in [0.05, 0.1) is 4.90 Å². The molecule has 29 heavy (non-hydrogen) atoms. The smallest absolute Gasteiger partial charge is 0.328 e. The molecule has 0 atom stereocenters. The van der Waals surface area contributed by atoms with Crippen LogP contribution in [-0.4, -0.2) is 51.5 Å². The molecule has 0 amide bonds. The van der Waals surface area contributed by atoms with Gasteiger partial charge in [0.15, 0.2) is 5.65 Å². The molecule has 8 nitrogen and oxygen atoms in total. The second-order valence-corrected chi connectivity index (χ2v) is 8.84. The van der Waals surface area contributed by atoms with Crippen LogP contribution in [0.3, 0.4) is 0 Å². The molecule has 4 rings (SSSR count). The molecule has 150 valence electrons. The van der Waals surface area contributed by atoms with Crippen LogP contribution in [0.25, 0.3) is 11.7 Å². The van der Waals surface area contributed by atoms with E-state index in [-0.39, 0.29) is 10.8 Å². The number of carboxylic acids is 1. The number of hydrogen-bond acceptors (Lipinski definition) is 5. The number of aliphatic carboxylic acids is 1. The first-order valence-corrected chi connectivity index (χ1v) is 10.7. The maximum Gasteiger partial charge on any atom is 0.328 e. The first-order valence-electron chi connectivity index (χ1n) is 9.26. The Labute approximate surface area is 168 Å². The molecule has 1 N–H and O–H groups in total. The number of benzene rings is 1. The van der Waals surface area contributed by atoms with Gasteiger partial charge in [-0.05, 0) is 48.7 Å². The largest absolute Gasteiger partial charge is 0.478 e. The SMILES string of the molecule is O=C(O)/C=C/c1ccc(S(=O)(=O)N2CCC(c3nnc4ccccn34)CC2)cc1. The average Bonchev–Trinajstić information content (AvgIpc) is 3.17. The van der Waals surface area contributed by atoms with Gasteiger partial charge in [-0.1, -0.05) is 18.2 Å². The van der Waals surface area contributed by atoms with E-state index in [1.165, 1.54) is 22.5 Å². The molecular formula is C20H20N4O4S. The summed E-state index contributed by atoms with van der Waals surface area (Å²) in [5.74, 6) is -0.0281. The Morgan fingerprint density at radius 2 is 1.79 bits per heavy atom. The van der Waals surface area contributed by atoms with Gasteiger partial charge in [-0.15, -0.1) is 10.2 Å². The summed E-state index contributed by atoms with van der Waals surface area (Å²) in [5.41, 5.74) is 1.42. The lowest BCUT2D eigenvalue weighted by molar-refractivity contribution is -0.131. The Kier molecular flexibility index (Phi) is 5.16. The van der Waals surface area contributed by atoms with Crippen molar-refractivity contribution in [1.82, 2.24) is 18.9 Å². The Morgan fingerprint density at radius 1 is 1.07 bits per heavy atom. The van der Waals surface area contributed by atoms with E-state index in [9.17, 15) is 13.2 Å². The lowest BCUT2D eigenvalue weighted by Gasteiger charge is -2.30. The van der Waals surface area contributed by atoms with Gasteiger partial charge < -0.3 is 5.11 Å². The summed E-state index contributed by atoms with van der Waals surface area (Å²) < 4.78 is 29.4. The lowest BCUT2D eigenvalue weighted by Crippen LogP contribution is -2.38. The molecule has 0 unspecified atom stereocenters. The van der Waals surface area contributed by atoms with Crippen LogP contribution >= 0.6 is 0 Å². The summed E-state index contributed by atoms with van der Waals surface area (Å²) in [6.45, 7) is 0.824. The van der Waals surface area contributed by atoms with Crippen LogP contribution in [0.4, 0.5) is 0 Å². The van der Waals surface area contributed by atoms with Gasteiger partial charge in [0.2, 0.25) is 10.0 Å². The average molecular weight is 412 g/mol. The minimum absolute atomic E-state index is 0.155. The van der Waals surface area contributed by atoms with Crippen molar-refractivity contribution in [1.29, 1.82) is 0 Å². The first kappa shape index (κ1) is 19.3. The molecule has 9 heteroatoms. The van der Waals surface area contributed by atoms with Gasteiger partial charge in [-0.25, -0.2) is 13.2 Å². The number of carbonyl (C=O) groups is 1. The molecule has 1 aliphatic heterocycles. The van der Waals surface area contributed by atoms with Crippen molar-refractivity contribution in [3.05, 3.63) is 66.1 Å². The van der Waals surface area contributed by atoms with Crippen molar-refractivity contribution in [2.75, 3.05) is 13.1 Å². The van der Waals surface area contributed by atoms with E-state index in [1.807, 2.05) is 28.8 Å². The number of fused-ring (bicyclic) bond motifs is 1. The molecule has 3 aromatic rings. The highest BCUT2D eigenvalue weighted by Crippen LogP contribution is 2.30. The Hall–Kier alpha value is -3.04. The molecule has 2 aromatic heterocycles. The molecule has 0 bridgehead atoms. The summed E-state index contributed by atoms with van der Waals surface area (Å²) in [7, 11) is -3.59. The third kappa shape index (κ3) is 3.92. The number of aromatic nitrogens is 3. The van der Waals surface area contributed by atoms with Crippen molar-refractivity contribution < 1.29 is 18.3 Å². The Bertz CT molecular complexity index is 1160. The lowest BCUT2D eigenvalue weighted by atomic mass is 9.97. The van der Waals surface area contributed by atoms with Gasteiger partial charge in [0.25, 0.3) is 0 Å². The maximum atomic E-state index is 13.0. The predicted molar refractivity (Wildman–Crippen MR) is 107 cm³/mol. The van der Waals surface area contributed by atoms with E-state index in [0.717, 1.165) is 17.5 Å². The highest BCUT2D eigenvalue weighted by atomic mass is 32.2. The van der Waals surface area contributed by atoms with Gasteiger partial charge in [0.1, 0.15) is 5.82 Å². The van der Waals surface area contributed by atoms with Crippen LogP contribution in [0.15, 0.2) is 59.6 Å². The number of pyridine rings is 1. The molecule has 1 fully saturated rings. The van der Waals surface area contributed by atoms with Crippen LogP contribution in [-0.2, 0) is 14.8 Å². The standard InChI is InChI=1S/C20H20N4O4S/c25-19(26)9-6-15-4-7-17(8-5-15)29(27,28)23-13-10-16(11-14-23)20-22-21-18-3-1-2-12-24(18)20/h1-9,12,16H,10-11,13-14H2,(H,25,26)/b9-6+. The quantitative estimate of drug-likeness (QED) is 0.645. The minimum Gasteiger partial charge on any atom is -0.478 e. The van der Waals surface area contributed by atoms with Gasteiger partial charge >= 0.3 is 5.97 Å². The number of piperidine rings is 1. The molecule has 1 saturated heterocycles. The third-order valence-corrected chi connectivity index (χ3v) is 7.01. The minimum atomic E-state index is -3.59. The number of rotatable bonds is 5. The highest BCUT2D eigenvalue weighted by molar-refractivity contribution is 7.89. The molecule has 1 aliphatic rings. The molecule has 3 heterocycles. The van der Waals surface area contributed by atoms with Gasteiger partial charge in [-0.2, -0.15) is 4.31 Å². The number of carboxylic acid groups (broad SMARTS) is 1. The highest BCUT2D eigenvalue weighted by Gasteiger charge is 2.31. The Morgan fingerprint density at radius 3 is 2.48 bits per heavy atom. The van der Waals surface area contributed by atoms with E-state index < -0.39 is 16.0 Å². The monoisotopic (exact) mass is 412 g/mol. The molecule has 0 saturated carbocycles. The zero-order valence-corrected chi connectivity index (χ0v) is 16.4. The number of sulfonamides is 1. The molecule has 0 spiro atoms. The van der Waals surface area contributed by atoms with E-state index in [0.29, 0.717) is 31.5 Å². The van der Waals surface area contributed by atoms with E-state index in [1.54, 1.807) is 12.1 Å². The van der Waals surface area contributed by atoms with Gasteiger partial charge in [0, 0.05) is 31.3 Å². The summed E-state index contributed by atoms with van der Waals surface area (Å²) in [4.78, 5) is 10.8. The summed E-state index contributed by atoms with van der Waals surface area (Å²) >= 11 is 0. The van der Waals surface area contributed by atoms with Crippen molar-refractivity contribution in [3.8, 4) is 0 Å². The number of nitrogens with zero attached hydrogens (tertiary/aromatic N) is 4. The van der Waals surface area contributed by atoms with E-state index in [2.05, 4.69) is 10.2 Å². The zero-order chi connectivity index (χ0) is 20.4. The fourth-order valence-corrected chi connectivity index (χ4v) is 5.03. The fourth-order valence-electron chi connectivity index (χ4n) is 3.56. The van der Waals surface area contributed by atoms with Crippen LogP contribution in [0.1, 0.15) is 30.1 Å². The fraction of sp³-hybridized carbons (Fsp3) is 0.250. The zero-order valence-electron chi connectivity index (χ0n) is 15.5. The Balaban J connectivity index is 1.46. The van der Waals surface area contributed by atoms with Crippen LogP contribution in [0.5, 0.6) is 0 Å². The normalized spacial score (nSPS) is 16.6. The first-order chi connectivity index (χ1) is 13.9. The van der Waals surface area contributed by atoms with Crippen molar-refractivity contribution >= 4 is 27.7 Å². The predicted octanol–water partition coefficient (Wildman–Crippen LogP) is 2.40. The van der Waals surface area contributed by atoms with Crippen LogP contribution in [0.2, 0.25) is 0 Å². The summed E-state index contributed by atoms with van der Waals surface area (Å²) in [5, 5.41) is 17.2. The van der Waals surface area contributed by atoms with Crippen molar-refractivity contribution in [2.45, 2.75) is 23.7 Å². The van der Waals surface area contributed by atoms with E-state index >= 15 is 0 Å². The maximum absolute atomic E-state index is 13.0. The molecule has 0 aliphatic carbocycles. The number of hydrogen-bond donors (Lipinski definition) is 1. The third-order valence-electron chi connectivity index (χ3n) is 5.10. The van der Waals surface area contributed by atoms with Crippen LogP contribution in [0, 0.1) is 0 Å². The van der Waals surface area contributed by atoms with Crippen LogP contribution < -0.4 is 0 Å². The molecule has 0 radical (unpaired) electrons. The summed E-state index contributed by atoms with van der Waals surface area (Å²) in [6.07, 6.45) is 5.71.